The van der Waals surface area contributed by atoms with E-state index in [1.165, 1.54) is 0 Å². The second kappa shape index (κ2) is 6.14. The van der Waals surface area contributed by atoms with Gasteiger partial charge in [-0.05, 0) is 20.8 Å². The van der Waals surface area contributed by atoms with Gasteiger partial charge in [0.2, 0.25) is 0 Å². The SMILES string of the molecule is [CH]COP(=O)(F)/N=C(/[CH])N(C[CH])C[CH]. The molecule has 0 amide bonds. The molecule has 0 aromatic rings. The predicted molar refractivity (Wildman–Crippen MR) is 50.9 cm³/mol. The fraction of sp³-hybridized carbons (Fsp3) is 0.375. The Bertz CT molecular complexity index is 241. The Morgan fingerprint density at radius 3 is 2.29 bits per heavy atom. The number of nitrogens with zero attached hydrogens (tertiary/aromatic N) is 2. The third-order valence-electron chi connectivity index (χ3n) is 1.22. The summed E-state index contributed by atoms with van der Waals surface area (Å²) < 4.78 is 30.7. The van der Waals surface area contributed by atoms with Crippen molar-refractivity contribution in [2.24, 2.45) is 4.76 Å². The molecule has 0 aliphatic carbocycles. The third kappa shape index (κ3) is 4.72. The van der Waals surface area contributed by atoms with Crippen LogP contribution in [0.2, 0.25) is 0 Å². The minimum Gasteiger partial charge on any atom is -0.359 e. The van der Waals surface area contributed by atoms with Gasteiger partial charge in [-0.15, -0.1) is 4.20 Å². The molecule has 76 valence electrons. The van der Waals surface area contributed by atoms with Gasteiger partial charge in [0.15, 0.2) is 0 Å². The van der Waals surface area contributed by atoms with E-state index in [-0.39, 0.29) is 13.1 Å². The molecule has 14 heavy (non-hydrogen) atoms. The highest BCUT2D eigenvalue weighted by Crippen LogP contribution is 2.50. The van der Waals surface area contributed by atoms with Crippen LogP contribution in [0, 0.1) is 27.7 Å². The van der Waals surface area contributed by atoms with E-state index in [1.807, 2.05) is 0 Å². The van der Waals surface area contributed by atoms with Crippen LogP contribution in [0.1, 0.15) is 0 Å². The highest BCUT2D eigenvalue weighted by Gasteiger charge is 2.21. The van der Waals surface area contributed by atoms with Gasteiger partial charge in [0.05, 0.1) is 6.61 Å². The van der Waals surface area contributed by atoms with Crippen LogP contribution in [0.4, 0.5) is 4.20 Å². The van der Waals surface area contributed by atoms with Crippen molar-refractivity contribution < 1.29 is 13.3 Å². The highest BCUT2D eigenvalue weighted by molar-refractivity contribution is 7.52. The molecular weight excluding hydrogens is 206 g/mol. The maximum absolute atomic E-state index is 12.9. The standard InChI is InChI=1S/C8H10FN2O2P/c1-5-11(6-2)8(4)10-14(9,12)13-7-3/h1-4H,5-7H2/b10-8-. The molecule has 0 aliphatic heterocycles. The van der Waals surface area contributed by atoms with E-state index < -0.39 is 20.3 Å². The lowest BCUT2D eigenvalue weighted by atomic mass is 10.5. The smallest absolute Gasteiger partial charge is 0.359 e. The molecule has 0 saturated carbocycles. The van der Waals surface area contributed by atoms with Gasteiger partial charge in [0.1, 0.15) is 5.84 Å². The number of halogens is 1. The number of hydrogen-bond donors (Lipinski definition) is 0. The van der Waals surface area contributed by atoms with E-state index in [2.05, 4.69) is 9.29 Å². The molecule has 0 rings (SSSR count). The number of amidine groups is 1. The summed E-state index contributed by atoms with van der Waals surface area (Å²) >= 11 is 0. The van der Waals surface area contributed by atoms with Gasteiger partial charge in [0, 0.05) is 20.0 Å². The molecule has 6 heteroatoms. The quantitative estimate of drug-likeness (QED) is 0.398. The molecular formula is C8H10FN2O2P. The van der Waals surface area contributed by atoms with Crippen LogP contribution in [0.3, 0.4) is 0 Å². The van der Waals surface area contributed by atoms with Crippen molar-refractivity contribution in [3.63, 3.8) is 0 Å². The molecule has 0 fully saturated rings. The van der Waals surface area contributed by atoms with Crippen molar-refractivity contribution in [1.29, 1.82) is 0 Å². The summed E-state index contributed by atoms with van der Waals surface area (Å²) in [7, 11) is -4.64. The molecule has 1 atom stereocenters. The van der Waals surface area contributed by atoms with Crippen LogP contribution in [0.15, 0.2) is 4.76 Å². The first-order chi connectivity index (χ1) is 6.46. The van der Waals surface area contributed by atoms with Crippen LogP contribution < -0.4 is 0 Å². The monoisotopic (exact) mass is 216 g/mol. The van der Waals surface area contributed by atoms with Crippen LogP contribution >= 0.6 is 7.83 Å². The minimum atomic E-state index is -4.64. The maximum atomic E-state index is 12.9. The fourth-order valence-electron chi connectivity index (χ4n) is 0.568. The van der Waals surface area contributed by atoms with Gasteiger partial charge in [0.25, 0.3) is 0 Å². The Hall–Kier alpha value is -0.410. The third-order valence-corrected chi connectivity index (χ3v) is 2.13. The fourth-order valence-corrected chi connectivity index (χ4v) is 1.18. The summed E-state index contributed by atoms with van der Waals surface area (Å²) in [6, 6.07) is 0. The lowest BCUT2D eigenvalue weighted by Gasteiger charge is -2.19. The topological polar surface area (TPSA) is 41.9 Å². The second-order valence-electron chi connectivity index (χ2n) is 2.11. The summed E-state index contributed by atoms with van der Waals surface area (Å²) in [6.07, 6.45) is 0. The summed E-state index contributed by atoms with van der Waals surface area (Å²) in [5.74, 6) is -0.394. The van der Waals surface area contributed by atoms with Crippen molar-refractivity contribution in [3.8, 4) is 0 Å². The van der Waals surface area contributed by atoms with E-state index >= 15 is 0 Å². The Morgan fingerprint density at radius 2 is 1.93 bits per heavy atom. The average Bonchev–Trinajstić information content (AvgIpc) is 2.04. The molecule has 1 unspecified atom stereocenters. The zero-order valence-electron chi connectivity index (χ0n) is 7.47. The first kappa shape index (κ1) is 13.6. The molecule has 0 aliphatic rings. The largest absolute Gasteiger partial charge is 0.493 e. The molecule has 0 aromatic heterocycles. The zero-order valence-corrected chi connectivity index (χ0v) is 8.36. The van der Waals surface area contributed by atoms with Crippen LogP contribution in [0.5, 0.6) is 0 Å². The Labute approximate surface area is 84.8 Å². The van der Waals surface area contributed by atoms with Gasteiger partial charge in [-0.25, -0.2) is 4.57 Å². The summed E-state index contributed by atoms with van der Waals surface area (Å²) in [5.41, 5.74) is 0. The first-order valence-electron chi connectivity index (χ1n) is 3.62. The van der Waals surface area contributed by atoms with Crippen LogP contribution in [-0.2, 0) is 9.09 Å². The average molecular weight is 216 g/mol. The van der Waals surface area contributed by atoms with E-state index in [0.717, 1.165) is 4.90 Å². The lowest BCUT2D eigenvalue weighted by molar-refractivity contribution is 0.319. The molecule has 0 bridgehead atoms. The molecule has 4 nitrogen and oxygen atoms in total. The van der Waals surface area contributed by atoms with Crippen molar-refractivity contribution >= 4 is 13.7 Å². The molecule has 0 heterocycles. The first-order valence-corrected chi connectivity index (χ1v) is 5.08. The maximum Gasteiger partial charge on any atom is 0.493 e. The molecule has 0 saturated heterocycles. The van der Waals surface area contributed by atoms with Crippen LogP contribution in [0.25, 0.3) is 0 Å². The molecule has 0 N–H and O–H groups in total. The summed E-state index contributed by atoms with van der Waals surface area (Å²) in [6.45, 7) is 19.7. The normalized spacial score (nSPS) is 16.5. The van der Waals surface area contributed by atoms with E-state index in [9.17, 15) is 8.76 Å². The molecule has 8 radical (unpaired) electrons. The highest BCUT2D eigenvalue weighted by atomic mass is 31.2. The van der Waals surface area contributed by atoms with Gasteiger partial charge < -0.3 is 4.90 Å². The Kier molecular flexibility index (Phi) is 5.96. The minimum absolute atomic E-state index is 0.0749. The lowest BCUT2D eigenvalue weighted by Crippen LogP contribution is -2.28. The van der Waals surface area contributed by atoms with Gasteiger partial charge in [-0.2, -0.15) is 4.76 Å². The van der Waals surface area contributed by atoms with Crippen LogP contribution in [-0.4, -0.2) is 30.4 Å². The van der Waals surface area contributed by atoms with E-state index in [4.69, 9.17) is 27.7 Å². The van der Waals surface area contributed by atoms with Gasteiger partial charge in [-0.1, -0.05) is 0 Å². The van der Waals surface area contributed by atoms with E-state index in [1.54, 1.807) is 0 Å². The summed E-state index contributed by atoms with van der Waals surface area (Å²) in [5, 5.41) is 0. The number of rotatable bonds is 5. The number of hydrogen-bond acceptors (Lipinski definition) is 2. The Morgan fingerprint density at radius 1 is 1.43 bits per heavy atom. The van der Waals surface area contributed by atoms with Crippen molar-refractivity contribution in [2.45, 2.75) is 0 Å². The van der Waals surface area contributed by atoms with E-state index in [0.29, 0.717) is 0 Å². The second-order valence-corrected chi connectivity index (χ2v) is 3.47. The Balaban J connectivity index is 4.55. The zero-order chi connectivity index (χ0) is 11.2. The summed E-state index contributed by atoms with van der Waals surface area (Å²) in [4.78, 5) is 1.10. The predicted octanol–water partition coefficient (Wildman–Crippen LogP) is 1.63. The van der Waals surface area contributed by atoms with Gasteiger partial charge >= 0.3 is 7.83 Å². The van der Waals surface area contributed by atoms with Crippen molar-refractivity contribution in [1.82, 2.24) is 4.90 Å². The van der Waals surface area contributed by atoms with Crippen molar-refractivity contribution in [3.05, 3.63) is 27.7 Å². The molecule has 0 aromatic carbocycles. The molecule has 0 spiro atoms. The van der Waals surface area contributed by atoms with Gasteiger partial charge in [-0.3, -0.25) is 4.52 Å². The van der Waals surface area contributed by atoms with Crippen molar-refractivity contribution in [2.75, 3.05) is 19.7 Å².